The third-order valence-electron chi connectivity index (χ3n) is 4.44. The van der Waals surface area contributed by atoms with E-state index in [4.69, 9.17) is 10.5 Å². The molecule has 0 amide bonds. The number of ether oxygens (including phenoxy) is 1. The molecule has 3 heterocycles. The van der Waals surface area contributed by atoms with Crippen LogP contribution in [0, 0.1) is 17.0 Å². The first-order valence-corrected chi connectivity index (χ1v) is 8.86. The van der Waals surface area contributed by atoms with Gasteiger partial charge < -0.3 is 25.5 Å². The average Bonchev–Trinajstić information content (AvgIpc) is 3.09. The van der Waals surface area contributed by atoms with E-state index in [1.165, 1.54) is 18.3 Å². The van der Waals surface area contributed by atoms with Crippen molar-refractivity contribution in [1.29, 1.82) is 0 Å². The normalized spacial score (nSPS) is 17.9. The van der Waals surface area contributed by atoms with Crippen molar-refractivity contribution in [2.24, 2.45) is 10.7 Å². The molecule has 3 rings (SSSR count). The van der Waals surface area contributed by atoms with Crippen molar-refractivity contribution < 1.29 is 9.66 Å². The number of aryl methyl sites for hydroxylation is 1. The van der Waals surface area contributed by atoms with Crippen LogP contribution in [0.25, 0.3) is 5.57 Å². The van der Waals surface area contributed by atoms with Gasteiger partial charge in [0.1, 0.15) is 5.75 Å². The van der Waals surface area contributed by atoms with Gasteiger partial charge in [0.2, 0.25) is 0 Å². The van der Waals surface area contributed by atoms with Crippen molar-refractivity contribution in [3.63, 3.8) is 0 Å². The second kappa shape index (κ2) is 8.57. The van der Waals surface area contributed by atoms with Gasteiger partial charge in [-0.1, -0.05) is 0 Å². The van der Waals surface area contributed by atoms with Gasteiger partial charge >= 0.3 is 5.82 Å². The first-order valence-electron chi connectivity index (χ1n) is 8.86. The minimum absolute atomic E-state index is 0.220. The van der Waals surface area contributed by atoms with Gasteiger partial charge in [-0.15, -0.1) is 0 Å². The number of pyridine rings is 2. The average molecular weight is 382 g/mol. The van der Waals surface area contributed by atoms with Crippen molar-refractivity contribution in [3.05, 3.63) is 58.2 Å². The van der Waals surface area contributed by atoms with E-state index in [2.05, 4.69) is 26.9 Å². The van der Waals surface area contributed by atoms with Crippen LogP contribution in [0.1, 0.15) is 17.8 Å². The summed E-state index contributed by atoms with van der Waals surface area (Å²) < 4.78 is 5.83. The van der Waals surface area contributed by atoms with Crippen LogP contribution in [0.3, 0.4) is 0 Å². The van der Waals surface area contributed by atoms with Crippen molar-refractivity contribution in [3.8, 4) is 11.5 Å². The molecular formula is C19H22N6O3. The van der Waals surface area contributed by atoms with E-state index in [1.54, 1.807) is 31.5 Å². The molecule has 0 aromatic carbocycles. The van der Waals surface area contributed by atoms with E-state index in [-0.39, 0.29) is 11.9 Å². The lowest BCUT2D eigenvalue weighted by atomic mass is 10.2. The highest BCUT2D eigenvalue weighted by Gasteiger charge is 2.18. The van der Waals surface area contributed by atoms with Gasteiger partial charge in [-0.25, -0.2) is 0 Å². The lowest BCUT2D eigenvalue weighted by Crippen LogP contribution is -2.15. The van der Waals surface area contributed by atoms with Gasteiger partial charge in [-0.05, 0) is 42.1 Å². The molecule has 9 nitrogen and oxygen atoms in total. The van der Waals surface area contributed by atoms with E-state index in [0.29, 0.717) is 28.5 Å². The lowest BCUT2D eigenvalue weighted by Gasteiger charge is -2.09. The summed E-state index contributed by atoms with van der Waals surface area (Å²) in [6, 6.07) is 6.53. The Labute approximate surface area is 162 Å². The fourth-order valence-electron chi connectivity index (χ4n) is 2.92. The molecule has 146 valence electrons. The summed E-state index contributed by atoms with van der Waals surface area (Å²) in [5.41, 5.74) is 7.52. The summed E-state index contributed by atoms with van der Waals surface area (Å²) in [5.74, 6) is 0.739. The summed E-state index contributed by atoms with van der Waals surface area (Å²) in [6.45, 7) is 3.62. The number of rotatable bonds is 6. The molecule has 1 aliphatic heterocycles. The molecule has 0 aliphatic carbocycles. The molecule has 1 unspecified atom stereocenters. The van der Waals surface area contributed by atoms with E-state index < -0.39 is 4.92 Å². The Bertz CT molecular complexity index is 928. The quantitative estimate of drug-likeness (QED) is 0.463. The van der Waals surface area contributed by atoms with Gasteiger partial charge in [-0.2, -0.15) is 0 Å². The first kappa shape index (κ1) is 19.4. The Balaban J connectivity index is 1.76. The van der Waals surface area contributed by atoms with Crippen LogP contribution in [0.15, 0.2) is 41.7 Å². The largest absolute Gasteiger partial charge is 0.453 e. The summed E-state index contributed by atoms with van der Waals surface area (Å²) in [6.07, 6.45) is 5.84. The molecule has 1 saturated heterocycles. The molecule has 1 aliphatic rings. The van der Waals surface area contributed by atoms with E-state index in [1.807, 2.05) is 0 Å². The second-order valence-corrected chi connectivity index (χ2v) is 6.59. The SMILES string of the molecule is Cc1nc([N+](=O)[O-])ccc1Oc1ccnc(C(C=NC2CCN(C)C2)=CN)c1. The zero-order valence-corrected chi connectivity index (χ0v) is 15.8. The summed E-state index contributed by atoms with van der Waals surface area (Å²) in [7, 11) is 2.08. The van der Waals surface area contributed by atoms with Crippen LogP contribution in [-0.2, 0) is 0 Å². The van der Waals surface area contributed by atoms with Crippen LogP contribution in [0.4, 0.5) is 5.82 Å². The molecule has 0 bridgehead atoms. The minimum Gasteiger partial charge on any atom is -0.453 e. The minimum atomic E-state index is -0.541. The number of nitrogens with two attached hydrogens (primary N) is 1. The van der Waals surface area contributed by atoms with Gasteiger partial charge in [0.25, 0.3) is 0 Å². The molecule has 0 radical (unpaired) electrons. The van der Waals surface area contributed by atoms with Gasteiger partial charge in [0.05, 0.1) is 11.7 Å². The third-order valence-corrected chi connectivity index (χ3v) is 4.44. The standard InChI is InChI=1S/C19H22N6O3/c1-13-18(3-4-19(23-13)25(26)27)28-16-5-7-21-17(9-16)14(10-20)11-22-15-6-8-24(2)12-15/h3-5,7,9-11,15H,6,8,12,20H2,1-2H3. The van der Waals surface area contributed by atoms with Crippen LogP contribution < -0.4 is 10.5 Å². The van der Waals surface area contributed by atoms with Crippen LogP contribution in [0.5, 0.6) is 11.5 Å². The molecule has 2 aromatic heterocycles. The highest BCUT2D eigenvalue weighted by atomic mass is 16.6. The topological polar surface area (TPSA) is 120 Å². The van der Waals surface area contributed by atoms with Gasteiger partial charge in [0, 0.05) is 49.8 Å². The fourth-order valence-corrected chi connectivity index (χ4v) is 2.92. The Morgan fingerprint density at radius 3 is 2.93 bits per heavy atom. The summed E-state index contributed by atoms with van der Waals surface area (Å²) >= 11 is 0. The molecule has 2 aromatic rings. The monoisotopic (exact) mass is 382 g/mol. The van der Waals surface area contributed by atoms with Crippen LogP contribution in [0.2, 0.25) is 0 Å². The maximum Gasteiger partial charge on any atom is 0.363 e. The maximum atomic E-state index is 10.8. The highest BCUT2D eigenvalue weighted by Crippen LogP contribution is 2.27. The van der Waals surface area contributed by atoms with Crippen LogP contribution in [-0.4, -0.2) is 52.2 Å². The molecule has 0 saturated carbocycles. The molecular weight excluding hydrogens is 360 g/mol. The number of hydrogen-bond donors (Lipinski definition) is 1. The number of likely N-dealkylation sites (tertiary alicyclic amines) is 1. The Hall–Kier alpha value is -3.33. The van der Waals surface area contributed by atoms with E-state index in [9.17, 15) is 10.1 Å². The number of hydrogen-bond acceptors (Lipinski definition) is 8. The number of nitro groups is 1. The maximum absolute atomic E-state index is 10.8. The first-order chi connectivity index (χ1) is 13.5. The number of likely N-dealkylation sites (N-methyl/N-ethyl adjacent to an activating group) is 1. The highest BCUT2D eigenvalue weighted by molar-refractivity contribution is 6.09. The van der Waals surface area contributed by atoms with Crippen molar-refractivity contribution in [1.82, 2.24) is 14.9 Å². The third kappa shape index (κ3) is 4.68. The zero-order valence-electron chi connectivity index (χ0n) is 15.8. The number of aromatic nitrogens is 2. The molecule has 2 N–H and O–H groups in total. The van der Waals surface area contributed by atoms with Crippen LogP contribution >= 0.6 is 0 Å². The molecule has 0 spiro atoms. The predicted octanol–water partition coefficient (Wildman–Crippen LogP) is 2.56. The zero-order chi connectivity index (χ0) is 20.1. The predicted molar refractivity (Wildman–Crippen MR) is 106 cm³/mol. The van der Waals surface area contributed by atoms with E-state index >= 15 is 0 Å². The summed E-state index contributed by atoms with van der Waals surface area (Å²) in [4.78, 5) is 25.4. The molecule has 9 heteroatoms. The molecule has 1 fully saturated rings. The number of aliphatic imine (C=N–C) groups is 1. The van der Waals surface area contributed by atoms with Crippen molar-refractivity contribution in [2.45, 2.75) is 19.4 Å². The second-order valence-electron chi connectivity index (χ2n) is 6.59. The molecule has 1 atom stereocenters. The van der Waals surface area contributed by atoms with E-state index in [0.717, 1.165) is 19.5 Å². The van der Waals surface area contributed by atoms with Gasteiger partial charge in [0.15, 0.2) is 11.4 Å². The number of allylic oxidation sites excluding steroid dienone is 1. The Morgan fingerprint density at radius 2 is 2.29 bits per heavy atom. The number of nitrogens with zero attached hydrogens (tertiary/aromatic N) is 5. The summed E-state index contributed by atoms with van der Waals surface area (Å²) in [5, 5.41) is 10.8. The molecule has 28 heavy (non-hydrogen) atoms. The fraction of sp³-hybridized carbons (Fsp3) is 0.316. The van der Waals surface area contributed by atoms with Crippen molar-refractivity contribution in [2.75, 3.05) is 20.1 Å². The van der Waals surface area contributed by atoms with Gasteiger partial charge in [-0.3, -0.25) is 9.98 Å². The van der Waals surface area contributed by atoms with Crippen molar-refractivity contribution >= 4 is 17.6 Å². The Kier molecular flexibility index (Phi) is 5.95. The lowest BCUT2D eigenvalue weighted by molar-refractivity contribution is -0.389. The smallest absolute Gasteiger partial charge is 0.363 e. The Morgan fingerprint density at radius 1 is 1.46 bits per heavy atom.